The number of likely N-dealkylation sites (N-methyl/N-ethyl adjacent to an activating group) is 1. The molecule has 66 valence electrons. The molecule has 0 aliphatic carbocycles. The molecule has 0 amide bonds. The van der Waals surface area contributed by atoms with Crippen LogP contribution < -0.4 is 0 Å². The molecule has 0 bridgehead atoms. The molecular weight excluding hydrogens is 163 g/mol. The van der Waals surface area contributed by atoms with Gasteiger partial charge in [0.05, 0.1) is 0 Å². The van der Waals surface area contributed by atoms with E-state index in [9.17, 15) is 18.0 Å². The fourth-order valence-electron chi connectivity index (χ4n) is 0.654. The Bertz CT molecular complexity index is 154. The summed E-state index contributed by atoms with van der Waals surface area (Å²) in [5.74, 6) is -1.89. The Morgan fingerprint density at radius 1 is 1.45 bits per heavy atom. The summed E-state index contributed by atoms with van der Waals surface area (Å²) in [6.45, 7) is 0. The number of halogens is 3. The normalized spacial score (nSPS) is 15.1. The van der Waals surface area contributed by atoms with E-state index in [1.165, 1.54) is 0 Å². The molecule has 1 atom stereocenters. The minimum Gasteiger partial charge on any atom is -0.480 e. The van der Waals surface area contributed by atoms with Crippen molar-refractivity contribution in [2.45, 2.75) is 12.2 Å². The van der Waals surface area contributed by atoms with E-state index in [-0.39, 0.29) is 0 Å². The Hall–Kier alpha value is -0.780. The number of aliphatic carboxylic acids is 1. The zero-order valence-electron chi connectivity index (χ0n) is 6.01. The highest BCUT2D eigenvalue weighted by molar-refractivity contribution is 5.74. The maximum Gasteiger partial charge on any atom is 0.414 e. The van der Waals surface area contributed by atoms with E-state index in [0.29, 0.717) is 4.90 Å². The molecule has 0 saturated heterocycles. The van der Waals surface area contributed by atoms with Crippen molar-refractivity contribution in [2.24, 2.45) is 0 Å². The van der Waals surface area contributed by atoms with Crippen molar-refractivity contribution in [2.75, 3.05) is 14.1 Å². The molecule has 11 heavy (non-hydrogen) atoms. The summed E-state index contributed by atoms with van der Waals surface area (Å²) in [6.07, 6.45) is -4.71. The Morgan fingerprint density at radius 3 is 1.82 bits per heavy atom. The van der Waals surface area contributed by atoms with Crippen LogP contribution in [0.1, 0.15) is 0 Å². The van der Waals surface area contributed by atoms with Gasteiger partial charge in [0.25, 0.3) is 0 Å². The first-order valence-corrected chi connectivity index (χ1v) is 2.72. The van der Waals surface area contributed by atoms with Crippen molar-refractivity contribution in [1.82, 2.24) is 4.90 Å². The van der Waals surface area contributed by atoms with Crippen molar-refractivity contribution in [1.29, 1.82) is 0 Å². The lowest BCUT2D eigenvalue weighted by molar-refractivity contribution is -0.194. The van der Waals surface area contributed by atoms with Gasteiger partial charge in [-0.05, 0) is 14.1 Å². The molecule has 1 N–H and O–H groups in total. The molecule has 0 rings (SSSR count). The molecule has 0 heterocycles. The lowest BCUT2D eigenvalue weighted by Gasteiger charge is -2.21. The highest BCUT2D eigenvalue weighted by Gasteiger charge is 2.46. The van der Waals surface area contributed by atoms with Crippen molar-refractivity contribution in [3.8, 4) is 0 Å². The van der Waals surface area contributed by atoms with Gasteiger partial charge in [-0.3, -0.25) is 9.69 Å². The standard InChI is InChI=1S/C5H8F3NO2/c1-9(2)3(4(10)11)5(6,7)8/h3H,1-2H3,(H,10,11). The van der Waals surface area contributed by atoms with Crippen LogP contribution >= 0.6 is 0 Å². The van der Waals surface area contributed by atoms with E-state index in [1.807, 2.05) is 0 Å². The Kier molecular flexibility index (Phi) is 2.86. The minimum absolute atomic E-state index is 0.600. The smallest absolute Gasteiger partial charge is 0.414 e. The predicted molar refractivity (Wildman–Crippen MR) is 31.2 cm³/mol. The number of carboxylic acids is 1. The molecule has 0 radical (unpaired) electrons. The van der Waals surface area contributed by atoms with Gasteiger partial charge in [0.15, 0.2) is 0 Å². The highest BCUT2D eigenvalue weighted by atomic mass is 19.4. The van der Waals surface area contributed by atoms with Gasteiger partial charge in [0, 0.05) is 0 Å². The molecule has 1 unspecified atom stereocenters. The summed E-state index contributed by atoms with van der Waals surface area (Å²) < 4.78 is 35.4. The van der Waals surface area contributed by atoms with Crippen LogP contribution in [0.3, 0.4) is 0 Å². The van der Waals surface area contributed by atoms with Gasteiger partial charge >= 0.3 is 12.1 Å². The SMILES string of the molecule is CN(C)C(C(=O)O)C(F)(F)F. The quantitative estimate of drug-likeness (QED) is 0.660. The number of hydrogen-bond donors (Lipinski definition) is 1. The van der Waals surface area contributed by atoms with Crippen LogP contribution in [-0.2, 0) is 4.79 Å². The van der Waals surface area contributed by atoms with E-state index in [2.05, 4.69) is 0 Å². The topological polar surface area (TPSA) is 40.5 Å². The fraction of sp³-hybridized carbons (Fsp3) is 0.800. The van der Waals surface area contributed by atoms with Gasteiger partial charge in [-0.2, -0.15) is 13.2 Å². The third-order valence-corrected chi connectivity index (χ3v) is 1.06. The summed E-state index contributed by atoms with van der Waals surface area (Å²) in [4.78, 5) is 10.6. The van der Waals surface area contributed by atoms with Crippen LogP contribution in [0, 0.1) is 0 Å². The molecule has 0 aromatic heterocycles. The van der Waals surface area contributed by atoms with E-state index in [4.69, 9.17) is 5.11 Å². The van der Waals surface area contributed by atoms with Crippen LogP contribution in [0.5, 0.6) is 0 Å². The lowest BCUT2D eigenvalue weighted by Crippen LogP contribution is -2.47. The van der Waals surface area contributed by atoms with E-state index >= 15 is 0 Å². The van der Waals surface area contributed by atoms with Crippen molar-refractivity contribution in [3.63, 3.8) is 0 Å². The first-order valence-electron chi connectivity index (χ1n) is 2.72. The average Bonchev–Trinajstić information content (AvgIpc) is 1.54. The van der Waals surface area contributed by atoms with Gasteiger partial charge in [-0.25, -0.2) is 0 Å². The van der Waals surface area contributed by atoms with Crippen molar-refractivity contribution < 1.29 is 23.1 Å². The molecule has 0 aromatic rings. The number of rotatable bonds is 2. The fourth-order valence-corrected chi connectivity index (χ4v) is 0.654. The molecular formula is C5H8F3NO2. The molecule has 0 aliphatic heterocycles. The zero-order valence-corrected chi connectivity index (χ0v) is 6.01. The van der Waals surface area contributed by atoms with Gasteiger partial charge in [0.2, 0.25) is 6.04 Å². The highest BCUT2D eigenvalue weighted by Crippen LogP contribution is 2.23. The Morgan fingerprint density at radius 2 is 1.82 bits per heavy atom. The van der Waals surface area contributed by atoms with Gasteiger partial charge < -0.3 is 5.11 Å². The summed E-state index contributed by atoms with van der Waals surface area (Å²) in [6, 6.07) is -2.41. The molecule has 0 aromatic carbocycles. The van der Waals surface area contributed by atoms with Crippen LogP contribution in [0.2, 0.25) is 0 Å². The third-order valence-electron chi connectivity index (χ3n) is 1.06. The molecule has 0 aliphatic rings. The average molecular weight is 171 g/mol. The second kappa shape index (κ2) is 3.08. The van der Waals surface area contributed by atoms with Gasteiger partial charge in [-0.15, -0.1) is 0 Å². The van der Waals surface area contributed by atoms with Crippen LogP contribution in [0.15, 0.2) is 0 Å². The summed E-state index contributed by atoms with van der Waals surface area (Å²) >= 11 is 0. The minimum atomic E-state index is -4.71. The van der Waals surface area contributed by atoms with Crippen LogP contribution in [0.4, 0.5) is 13.2 Å². The third kappa shape index (κ3) is 2.75. The summed E-state index contributed by atoms with van der Waals surface area (Å²) in [5.41, 5.74) is 0. The van der Waals surface area contributed by atoms with Crippen LogP contribution in [0.25, 0.3) is 0 Å². The first-order chi connectivity index (χ1) is 4.76. The second-order valence-corrected chi connectivity index (χ2v) is 2.25. The molecule has 0 spiro atoms. The summed E-state index contributed by atoms with van der Waals surface area (Å²) in [5, 5.41) is 8.12. The number of carboxylic acid groups (broad SMARTS) is 1. The largest absolute Gasteiger partial charge is 0.480 e. The van der Waals surface area contributed by atoms with Gasteiger partial charge in [-0.1, -0.05) is 0 Å². The zero-order chi connectivity index (χ0) is 9.23. The molecule has 0 saturated carbocycles. The Labute approximate surface area is 61.4 Å². The van der Waals surface area contributed by atoms with E-state index < -0.39 is 18.2 Å². The maximum absolute atomic E-state index is 11.8. The number of carbonyl (C=O) groups is 1. The Balaban J connectivity index is 4.49. The van der Waals surface area contributed by atoms with Crippen molar-refractivity contribution in [3.05, 3.63) is 0 Å². The molecule has 0 fully saturated rings. The maximum atomic E-state index is 11.8. The second-order valence-electron chi connectivity index (χ2n) is 2.25. The van der Waals surface area contributed by atoms with Gasteiger partial charge in [0.1, 0.15) is 0 Å². The summed E-state index contributed by atoms with van der Waals surface area (Å²) in [7, 11) is 2.12. The first kappa shape index (κ1) is 10.2. The van der Waals surface area contributed by atoms with Crippen molar-refractivity contribution >= 4 is 5.97 Å². The molecule has 6 heteroatoms. The molecule has 3 nitrogen and oxygen atoms in total. The van der Waals surface area contributed by atoms with E-state index in [0.717, 1.165) is 14.1 Å². The van der Waals surface area contributed by atoms with E-state index in [1.54, 1.807) is 0 Å². The van der Waals surface area contributed by atoms with Crippen LogP contribution in [-0.4, -0.2) is 42.3 Å². The monoisotopic (exact) mass is 171 g/mol. The number of alkyl halides is 3. The lowest BCUT2D eigenvalue weighted by atomic mass is 10.3. The number of nitrogens with zero attached hydrogens (tertiary/aromatic N) is 1. The number of hydrogen-bond acceptors (Lipinski definition) is 2. The predicted octanol–water partition coefficient (Wildman–Crippen LogP) is 0.563.